The summed E-state index contributed by atoms with van der Waals surface area (Å²) in [4.78, 5) is 0. The number of phenolic OH excluding ortho intramolecular Hbond substituents is 1. The Bertz CT molecular complexity index is 315. The van der Waals surface area contributed by atoms with Crippen LogP contribution in [0.3, 0.4) is 0 Å². The summed E-state index contributed by atoms with van der Waals surface area (Å²) in [5.74, 6) is 0.635. The van der Waals surface area contributed by atoms with Gasteiger partial charge in [0.2, 0.25) is 0 Å². The van der Waals surface area contributed by atoms with Crippen LogP contribution in [0.1, 0.15) is 12.0 Å². The molecule has 1 aromatic rings. The number of halogens is 1. The second-order valence-corrected chi connectivity index (χ2v) is 3.88. The highest BCUT2D eigenvalue weighted by Gasteiger charge is 2.07. The van der Waals surface area contributed by atoms with E-state index in [0.717, 1.165) is 18.4 Å². The van der Waals surface area contributed by atoms with Gasteiger partial charge in [-0.1, -0.05) is 0 Å². The minimum absolute atomic E-state index is 0.143. The number of benzene rings is 1. The van der Waals surface area contributed by atoms with Crippen LogP contribution in [0.25, 0.3) is 0 Å². The smallest absolute Gasteiger partial charge is 0.172 e. The Morgan fingerprint density at radius 3 is 2.79 bits per heavy atom. The van der Waals surface area contributed by atoms with Crippen molar-refractivity contribution in [3.63, 3.8) is 0 Å². The fourth-order valence-corrected chi connectivity index (χ4v) is 1.72. The zero-order chi connectivity index (χ0) is 10.6. The number of nitrogens with two attached hydrogens (primary N) is 1. The van der Waals surface area contributed by atoms with Crippen LogP contribution in [-0.4, -0.2) is 18.8 Å². The summed E-state index contributed by atoms with van der Waals surface area (Å²) in [5.41, 5.74) is 6.53. The molecule has 78 valence electrons. The summed E-state index contributed by atoms with van der Waals surface area (Å²) in [6, 6.07) is 3.71. The van der Waals surface area contributed by atoms with Gasteiger partial charge in [-0.3, -0.25) is 0 Å². The predicted octanol–water partition coefficient (Wildman–Crippen LogP) is 2.05. The fraction of sp³-hybridized carbons (Fsp3) is 0.400. The second kappa shape index (κ2) is 5.22. The molecule has 0 spiro atoms. The van der Waals surface area contributed by atoms with Crippen LogP contribution >= 0.6 is 15.9 Å². The fourth-order valence-electron chi connectivity index (χ4n) is 1.23. The lowest BCUT2D eigenvalue weighted by Gasteiger charge is -2.08. The van der Waals surface area contributed by atoms with Crippen molar-refractivity contribution in [1.29, 1.82) is 0 Å². The molecule has 0 amide bonds. The van der Waals surface area contributed by atoms with E-state index in [1.807, 2.05) is 12.1 Å². The first-order chi connectivity index (χ1) is 6.69. The first-order valence-corrected chi connectivity index (χ1v) is 5.23. The van der Waals surface area contributed by atoms with Crippen LogP contribution in [0.15, 0.2) is 16.6 Å². The van der Waals surface area contributed by atoms with Gasteiger partial charge in [0.05, 0.1) is 11.6 Å². The summed E-state index contributed by atoms with van der Waals surface area (Å²) in [6.45, 7) is 0.667. The van der Waals surface area contributed by atoms with Crippen molar-refractivity contribution in [3.8, 4) is 11.5 Å². The van der Waals surface area contributed by atoms with E-state index in [1.165, 1.54) is 7.11 Å². The minimum Gasteiger partial charge on any atom is -0.503 e. The summed E-state index contributed by atoms with van der Waals surface area (Å²) in [6.07, 6.45) is 1.83. The van der Waals surface area contributed by atoms with E-state index >= 15 is 0 Å². The number of hydrogen-bond donors (Lipinski definition) is 2. The summed E-state index contributed by atoms with van der Waals surface area (Å²) < 4.78 is 5.69. The van der Waals surface area contributed by atoms with Gasteiger partial charge >= 0.3 is 0 Å². The minimum atomic E-state index is 0.143. The lowest BCUT2D eigenvalue weighted by molar-refractivity contribution is 0.371. The molecule has 3 nitrogen and oxygen atoms in total. The third-order valence-corrected chi connectivity index (χ3v) is 2.58. The van der Waals surface area contributed by atoms with Crippen LogP contribution in [0.4, 0.5) is 0 Å². The maximum absolute atomic E-state index is 9.55. The highest BCUT2D eigenvalue weighted by atomic mass is 79.9. The first-order valence-electron chi connectivity index (χ1n) is 4.44. The van der Waals surface area contributed by atoms with Crippen LogP contribution in [-0.2, 0) is 6.42 Å². The molecule has 0 radical (unpaired) electrons. The summed E-state index contributed by atoms with van der Waals surface area (Å²) in [7, 11) is 1.54. The third kappa shape index (κ3) is 2.62. The maximum Gasteiger partial charge on any atom is 0.172 e. The average Bonchev–Trinajstić information content (AvgIpc) is 2.19. The molecule has 0 heterocycles. The molecule has 0 aliphatic carbocycles. The Balaban J connectivity index is 2.91. The molecule has 0 atom stereocenters. The zero-order valence-corrected chi connectivity index (χ0v) is 9.67. The predicted molar refractivity (Wildman–Crippen MR) is 59.7 cm³/mol. The Morgan fingerprint density at radius 1 is 1.50 bits per heavy atom. The Morgan fingerprint density at radius 2 is 2.21 bits per heavy atom. The van der Waals surface area contributed by atoms with Crippen molar-refractivity contribution in [2.75, 3.05) is 13.7 Å². The monoisotopic (exact) mass is 259 g/mol. The number of aryl methyl sites for hydroxylation is 1. The van der Waals surface area contributed by atoms with Crippen LogP contribution < -0.4 is 10.5 Å². The standard InChI is InChI=1S/C10H14BrNO2/c1-14-9-6-7(3-2-4-12)5-8(11)10(9)13/h5-6,13H,2-4,12H2,1H3. The summed E-state index contributed by atoms with van der Waals surface area (Å²) in [5, 5.41) is 9.55. The molecule has 1 aromatic carbocycles. The highest BCUT2D eigenvalue weighted by molar-refractivity contribution is 9.10. The van der Waals surface area contributed by atoms with Gasteiger partial charge in [0.1, 0.15) is 0 Å². The molecular weight excluding hydrogens is 246 g/mol. The number of aromatic hydroxyl groups is 1. The van der Waals surface area contributed by atoms with E-state index in [-0.39, 0.29) is 5.75 Å². The van der Waals surface area contributed by atoms with Gasteiger partial charge in [0, 0.05) is 0 Å². The van der Waals surface area contributed by atoms with Gasteiger partial charge in [-0.05, 0) is 53.0 Å². The third-order valence-electron chi connectivity index (χ3n) is 1.98. The Hall–Kier alpha value is -0.740. The molecule has 0 fully saturated rings. The van der Waals surface area contributed by atoms with E-state index in [0.29, 0.717) is 16.8 Å². The number of ether oxygens (including phenoxy) is 1. The number of hydrogen-bond acceptors (Lipinski definition) is 3. The lowest BCUT2D eigenvalue weighted by Crippen LogP contribution is -2.00. The molecule has 14 heavy (non-hydrogen) atoms. The van der Waals surface area contributed by atoms with Gasteiger partial charge in [-0.2, -0.15) is 0 Å². The van der Waals surface area contributed by atoms with E-state index in [1.54, 1.807) is 0 Å². The van der Waals surface area contributed by atoms with Crippen molar-refractivity contribution < 1.29 is 9.84 Å². The molecule has 0 saturated carbocycles. The van der Waals surface area contributed by atoms with E-state index < -0.39 is 0 Å². The van der Waals surface area contributed by atoms with E-state index in [2.05, 4.69) is 15.9 Å². The number of phenols is 1. The van der Waals surface area contributed by atoms with Crippen molar-refractivity contribution in [3.05, 3.63) is 22.2 Å². The van der Waals surface area contributed by atoms with Gasteiger partial charge in [-0.25, -0.2) is 0 Å². The molecular formula is C10H14BrNO2. The zero-order valence-electron chi connectivity index (χ0n) is 8.09. The van der Waals surface area contributed by atoms with Gasteiger partial charge in [0.25, 0.3) is 0 Å². The van der Waals surface area contributed by atoms with Crippen molar-refractivity contribution in [1.82, 2.24) is 0 Å². The van der Waals surface area contributed by atoms with Gasteiger partial charge in [-0.15, -0.1) is 0 Å². The van der Waals surface area contributed by atoms with Crippen LogP contribution in [0.5, 0.6) is 11.5 Å². The maximum atomic E-state index is 9.55. The largest absolute Gasteiger partial charge is 0.503 e. The molecule has 0 saturated heterocycles. The SMILES string of the molecule is COc1cc(CCCN)cc(Br)c1O. The van der Waals surface area contributed by atoms with Gasteiger partial charge in [0.15, 0.2) is 11.5 Å². The summed E-state index contributed by atoms with van der Waals surface area (Å²) >= 11 is 3.27. The number of rotatable bonds is 4. The average molecular weight is 260 g/mol. The normalized spacial score (nSPS) is 10.2. The molecule has 0 aromatic heterocycles. The van der Waals surface area contributed by atoms with Crippen molar-refractivity contribution >= 4 is 15.9 Å². The van der Waals surface area contributed by atoms with Crippen LogP contribution in [0, 0.1) is 0 Å². The molecule has 0 bridgehead atoms. The number of methoxy groups -OCH3 is 1. The molecule has 4 heteroatoms. The van der Waals surface area contributed by atoms with E-state index in [4.69, 9.17) is 10.5 Å². The molecule has 0 aliphatic heterocycles. The topological polar surface area (TPSA) is 55.5 Å². The second-order valence-electron chi connectivity index (χ2n) is 3.02. The Kier molecular flexibility index (Phi) is 4.22. The highest BCUT2D eigenvalue weighted by Crippen LogP contribution is 2.35. The lowest BCUT2D eigenvalue weighted by atomic mass is 10.1. The van der Waals surface area contributed by atoms with Crippen molar-refractivity contribution in [2.24, 2.45) is 5.73 Å². The molecule has 0 aliphatic rings. The molecule has 1 rings (SSSR count). The first kappa shape index (κ1) is 11.3. The van der Waals surface area contributed by atoms with E-state index in [9.17, 15) is 5.11 Å². The molecule has 3 N–H and O–H groups in total. The van der Waals surface area contributed by atoms with Crippen molar-refractivity contribution in [2.45, 2.75) is 12.8 Å². The quantitative estimate of drug-likeness (QED) is 0.871. The Labute approximate surface area is 92.0 Å². The molecule has 0 unspecified atom stereocenters. The van der Waals surface area contributed by atoms with Gasteiger partial charge < -0.3 is 15.6 Å². The van der Waals surface area contributed by atoms with Crippen LogP contribution in [0.2, 0.25) is 0 Å².